The van der Waals surface area contributed by atoms with E-state index in [4.69, 9.17) is 20.9 Å². The van der Waals surface area contributed by atoms with Crippen molar-refractivity contribution < 1.29 is 9.26 Å². The summed E-state index contributed by atoms with van der Waals surface area (Å²) in [5, 5.41) is 6.57. The predicted octanol–water partition coefficient (Wildman–Crippen LogP) is 5.00. The molecule has 5 heteroatoms. The fraction of sp³-hybridized carbons (Fsp3) is 0.188. The third-order valence-corrected chi connectivity index (χ3v) is 3.97. The van der Waals surface area contributed by atoms with Crippen molar-refractivity contribution >= 4 is 38.5 Å². The van der Waals surface area contributed by atoms with Crippen molar-refractivity contribution in [2.75, 3.05) is 5.33 Å². The Labute approximate surface area is 136 Å². The number of rotatable bonds is 5. The molecule has 0 saturated heterocycles. The molecule has 1 heterocycles. The van der Waals surface area contributed by atoms with Gasteiger partial charge in [0, 0.05) is 22.3 Å². The molecule has 0 aliphatic rings. The van der Waals surface area contributed by atoms with Crippen molar-refractivity contribution in [1.29, 1.82) is 0 Å². The number of nitrogens with zero attached hydrogens (tertiary/aromatic N) is 1. The molecule has 0 fully saturated rings. The highest BCUT2D eigenvalue weighted by atomic mass is 79.9. The number of benzene rings is 2. The summed E-state index contributed by atoms with van der Waals surface area (Å²) in [6.07, 6.45) is 0.791. The molecule has 21 heavy (non-hydrogen) atoms. The summed E-state index contributed by atoms with van der Waals surface area (Å²) in [5.74, 6) is 0.768. The zero-order valence-electron chi connectivity index (χ0n) is 11.2. The predicted molar refractivity (Wildman–Crippen MR) is 87.3 cm³/mol. The van der Waals surface area contributed by atoms with E-state index in [2.05, 4.69) is 21.1 Å². The minimum atomic E-state index is 0.414. The van der Waals surface area contributed by atoms with E-state index < -0.39 is 0 Å². The van der Waals surface area contributed by atoms with E-state index in [1.165, 1.54) is 0 Å². The topological polar surface area (TPSA) is 35.3 Å². The molecule has 0 saturated carbocycles. The maximum atomic E-state index is 6.15. The van der Waals surface area contributed by atoms with Gasteiger partial charge in [-0.3, -0.25) is 0 Å². The summed E-state index contributed by atoms with van der Waals surface area (Å²) >= 11 is 9.58. The summed E-state index contributed by atoms with van der Waals surface area (Å²) in [4.78, 5) is 0. The molecule has 108 valence electrons. The first-order valence-electron chi connectivity index (χ1n) is 6.59. The molecule has 0 aliphatic carbocycles. The van der Waals surface area contributed by atoms with Crippen LogP contribution < -0.4 is 4.74 Å². The summed E-state index contributed by atoms with van der Waals surface area (Å²) in [5.41, 5.74) is 2.59. The fourth-order valence-corrected chi connectivity index (χ4v) is 2.74. The summed E-state index contributed by atoms with van der Waals surface area (Å²) in [6, 6.07) is 13.4. The molecular weight excluding hydrogens is 354 g/mol. The molecule has 0 spiro atoms. The Morgan fingerprint density at radius 1 is 1.14 bits per heavy atom. The first-order valence-corrected chi connectivity index (χ1v) is 8.09. The molecule has 0 aliphatic heterocycles. The lowest BCUT2D eigenvalue weighted by molar-refractivity contribution is 0.310. The van der Waals surface area contributed by atoms with Crippen LogP contribution in [0.5, 0.6) is 5.75 Å². The maximum absolute atomic E-state index is 6.15. The normalized spacial score (nSPS) is 11.0. The van der Waals surface area contributed by atoms with Gasteiger partial charge in [-0.05, 0) is 18.2 Å². The van der Waals surface area contributed by atoms with E-state index in [-0.39, 0.29) is 0 Å². The second-order valence-corrected chi connectivity index (χ2v) is 5.78. The van der Waals surface area contributed by atoms with Crippen LogP contribution >= 0.6 is 27.5 Å². The molecule has 0 amide bonds. The lowest BCUT2D eigenvalue weighted by atomic mass is 10.1. The number of hydrogen-bond donors (Lipinski definition) is 0. The Hall–Kier alpha value is -1.52. The van der Waals surface area contributed by atoms with E-state index in [1.807, 2.05) is 42.5 Å². The lowest BCUT2D eigenvalue weighted by Gasteiger charge is -2.09. The van der Waals surface area contributed by atoms with Crippen LogP contribution in [0.4, 0.5) is 0 Å². The molecule has 0 bridgehead atoms. The molecule has 3 aromatic rings. The van der Waals surface area contributed by atoms with Gasteiger partial charge in [0.05, 0.1) is 11.1 Å². The largest absolute Gasteiger partial charge is 0.488 e. The van der Waals surface area contributed by atoms with Gasteiger partial charge in [0.25, 0.3) is 0 Å². The summed E-state index contributed by atoms with van der Waals surface area (Å²) < 4.78 is 11.3. The second-order valence-electron chi connectivity index (χ2n) is 4.58. The number of alkyl halides is 1. The number of aryl methyl sites for hydroxylation is 1. The lowest BCUT2D eigenvalue weighted by Crippen LogP contribution is -1.97. The zero-order chi connectivity index (χ0) is 14.7. The van der Waals surface area contributed by atoms with Crippen molar-refractivity contribution in [3.63, 3.8) is 0 Å². The van der Waals surface area contributed by atoms with Gasteiger partial charge in [-0.25, -0.2) is 0 Å². The van der Waals surface area contributed by atoms with Crippen LogP contribution in [0.1, 0.15) is 11.3 Å². The first-order chi connectivity index (χ1) is 10.3. The SMILES string of the molecule is Clc1ccccc1COc1cccc2onc(CCBr)c12. The van der Waals surface area contributed by atoms with Gasteiger partial charge in [-0.1, -0.05) is 57.0 Å². The van der Waals surface area contributed by atoms with E-state index in [0.717, 1.165) is 39.7 Å². The van der Waals surface area contributed by atoms with Crippen LogP contribution in [0.15, 0.2) is 47.0 Å². The molecule has 2 aromatic carbocycles. The minimum Gasteiger partial charge on any atom is -0.488 e. The molecule has 0 N–H and O–H groups in total. The average Bonchev–Trinajstić information content (AvgIpc) is 2.91. The molecule has 0 atom stereocenters. The van der Waals surface area contributed by atoms with Gasteiger partial charge in [0.2, 0.25) is 0 Å². The van der Waals surface area contributed by atoms with Crippen molar-refractivity contribution in [3.05, 3.63) is 58.7 Å². The van der Waals surface area contributed by atoms with E-state index in [0.29, 0.717) is 11.6 Å². The Kier molecular flexibility index (Phi) is 4.46. The second kappa shape index (κ2) is 6.50. The van der Waals surface area contributed by atoms with Crippen molar-refractivity contribution in [2.24, 2.45) is 0 Å². The van der Waals surface area contributed by atoms with Crippen LogP contribution in [0.2, 0.25) is 5.02 Å². The summed E-state index contributed by atoms with van der Waals surface area (Å²) in [7, 11) is 0. The van der Waals surface area contributed by atoms with Crippen molar-refractivity contribution in [3.8, 4) is 5.75 Å². The van der Waals surface area contributed by atoms with Crippen LogP contribution in [-0.2, 0) is 13.0 Å². The maximum Gasteiger partial charge on any atom is 0.170 e. The quantitative estimate of drug-likeness (QED) is 0.596. The summed E-state index contributed by atoms with van der Waals surface area (Å²) in [6.45, 7) is 0.414. The number of ether oxygens (including phenoxy) is 1. The Balaban J connectivity index is 1.90. The highest BCUT2D eigenvalue weighted by Crippen LogP contribution is 2.30. The molecule has 3 nitrogen and oxygen atoms in total. The zero-order valence-corrected chi connectivity index (χ0v) is 13.5. The number of fused-ring (bicyclic) bond motifs is 1. The van der Waals surface area contributed by atoms with E-state index in [1.54, 1.807) is 0 Å². The third kappa shape index (κ3) is 3.06. The van der Waals surface area contributed by atoms with Crippen molar-refractivity contribution in [2.45, 2.75) is 13.0 Å². The number of aromatic nitrogens is 1. The average molecular weight is 367 g/mol. The van der Waals surface area contributed by atoms with Gasteiger partial charge in [0.15, 0.2) is 5.58 Å². The Bertz CT molecular complexity index is 757. The van der Waals surface area contributed by atoms with Gasteiger partial charge in [-0.2, -0.15) is 0 Å². The van der Waals surface area contributed by atoms with Gasteiger partial charge < -0.3 is 9.26 Å². The van der Waals surface area contributed by atoms with Gasteiger partial charge >= 0.3 is 0 Å². The molecule has 1 aromatic heterocycles. The molecule has 0 unspecified atom stereocenters. The van der Waals surface area contributed by atoms with Crippen LogP contribution in [0, 0.1) is 0 Å². The standard InChI is InChI=1S/C16H13BrClNO2/c17-9-8-13-16-14(6-3-7-15(16)21-19-13)20-10-11-4-1-2-5-12(11)18/h1-7H,8-10H2. The minimum absolute atomic E-state index is 0.414. The molecular formula is C16H13BrClNO2. The fourth-order valence-electron chi connectivity index (χ4n) is 2.17. The smallest absolute Gasteiger partial charge is 0.170 e. The number of halogens is 2. The van der Waals surface area contributed by atoms with Gasteiger partial charge in [-0.15, -0.1) is 0 Å². The van der Waals surface area contributed by atoms with Crippen LogP contribution in [-0.4, -0.2) is 10.5 Å². The van der Waals surface area contributed by atoms with E-state index in [9.17, 15) is 0 Å². The van der Waals surface area contributed by atoms with E-state index >= 15 is 0 Å². The highest BCUT2D eigenvalue weighted by Gasteiger charge is 2.13. The monoisotopic (exact) mass is 365 g/mol. The molecule has 0 radical (unpaired) electrons. The Morgan fingerprint density at radius 3 is 2.81 bits per heavy atom. The van der Waals surface area contributed by atoms with Crippen LogP contribution in [0.25, 0.3) is 11.0 Å². The first kappa shape index (κ1) is 14.4. The van der Waals surface area contributed by atoms with Crippen LogP contribution in [0.3, 0.4) is 0 Å². The highest BCUT2D eigenvalue weighted by molar-refractivity contribution is 9.09. The van der Waals surface area contributed by atoms with Gasteiger partial charge in [0.1, 0.15) is 12.4 Å². The number of hydrogen-bond acceptors (Lipinski definition) is 3. The third-order valence-electron chi connectivity index (χ3n) is 3.20. The Morgan fingerprint density at radius 2 is 2.00 bits per heavy atom. The molecule has 3 rings (SSSR count). The van der Waals surface area contributed by atoms with Crippen molar-refractivity contribution in [1.82, 2.24) is 5.16 Å².